The van der Waals surface area contributed by atoms with E-state index in [1.165, 1.54) is 23.7 Å². The Morgan fingerprint density at radius 3 is 2.77 bits per heavy atom. The lowest BCUT2D eigenvalue weighted by Crippen LogP contribution is -2.12. The highest BCUT2D eigenvalue weighted by atomic mass is 35.5. The predicted molar refractivity (Wildman–Crippen MR) is 119 cm³/mol. The molecule has 2 heterocycles. The first-order chi connectivity index (χ1) is 15.0. The van der Waals surface area contributed by atoms with E-state index in [1.807, 2.05) is 6.07 Å². The normalized spacial score (nSPS) is 10.8. The molecule has 4 rings (SSSR count). The largest absolute Gasteiger partial charge is 0.486 e. The second-order valence-electron chi connectivity index (χ2n) is 6.51. The van der Waals surface area contributed by atoms with Crippen molar-refractivity contribution >= 4 is 46.4 Å². The van der Waals surface area contributed by atoms with Gasteiger partial charge in [0.2, 0.25) is 5.95 Å². The van der Waals surface area contributed by atoms with Crippen LogP contribution in [0.2, 0.25) is 10.0 Å². The Balaban J connectivity index is 1.34. The van der Waals surface area contributed by atoms with Crippen LogP contribution < -0.4 is 10.1 Å². The molecule has 31 heavy (non-hydrogen) atoms. The SMILES string of the molecule is O=C(Nc1ncn(Cc2ccc(Cl)c(Cl)c2)n1)c1cc(COc2ccccc2F)cs1. The highest BCUT2D eigenvalue weighted by molar-refractivity contribution is 7.12. The van der Waals surface area contributed by atoms with E-state index in [9.17, 15) is 9.18 Å². The summed E-state index contributed by atoms with van der Waals surface area (Å²) in [5.41, 5.74) is 1.66. The van der Waals surface area contributed by atoms with Crippen LogP contribution in [0, 0.1) is 5.82 Å². The Morgan fingerprint density at radius 2 is 1.97 bits per heavy atom. The maximum absolute atomic E-state index is 13.6. The van der Waals surface area contributed by atoms with Crippen molar-refractivity contribution in [3.63, 3.8) is 0 Å². The third kappa shape index (κ3) is 5.41. The van der Waals surface area contributed by atoms with Gasteiger partial charge in [0.1, 0.15) is 12.9 Å². The Bertz CT molecular complexity index is 1230. The maximum atomic E-state index is 13.6. The number of nitrogens with one attached hydrogen (secondary N) is 1. The summed E-state index contributed by atoms with van der Waals surface area (Å²) in [5, 5.41) is 9.63. The minimum atomic E-state index is -0.432. The minimum absolute atomic E-state index is 0.154. The lowest BCUT2D eigenvalue weighted by molar-refractivity contribution is 0.102. The number of carbonyl (C=O) groups is 1. The van der Waals surface area contributed by atoms with Gasteiger partial charge in [0.25, 0.3) is 5.91 Å². The summed E-state index contributed by atoms with van der Waals surface area (Å²) in [5.74, 6) is -0.424. The number of benzene rings is 2. The molecule has 0 atom stereocenters. The topological polar surface area (TPSA) is 69.0 Å². The molecule has 158 valence electrons. The number of rotatable bonds is 7. The molecule has 0 unspecified atom stereocenters. The number of nitrogens with zero attached hydrogens (tertiary/aromatic N) is 3. The fraction of sp³-hybridized carbons (Fsp3) is 0.0952. The Hall–Kier alpha value is -2.94. The number of thiophene rings is 1. The molecular weight excluding hydrogens is 462 g/mol. The Labute approximate surface area is 191 Å². The van der Waals surface area contributed by atoms with Crippen molar-refractivity contribution in [1.29, 1.82) is 0 Å². The van der Waals surface area contributed by atoms with Crippen LogP contribution in [0.25, 0.3) is 0 Å². The average Bonchev–Trinajstić information content (AvgIpc) is 3.40. The van der Waals surface area contributed by atoms with E-state index >= 15 is 0 Å². The van der Waals surface area contributed by atoms with Crippen LogP contribution in [0.4, 0.5) is 10.3 Å². The second-order valence-corrected chi connectivity index (χ2v) is 8.23. The van der Waals surface area contributed by atoms with E-state index in [0.29, 0.717) is 21.5 Å². The monoisotopic (exact) mass is 476 g/mol. The molecule has 1 amide bonds. The van der Waals surface area contributed by atoms with Gasteiger partial charge in [-0.05, 0) is 41.3 Å². The molecule has 10 heteroatoms. The smallest absolute Gasteiger partial charge is 0.268 e. The summed E-state index contributed by atoms with van der Waals surface area (Å²) in [7, 11) is 0. The summed E-state index contributed by atoms with van der Waals surface area (Å²) in [6.07, 6.45) is 1.51. The molecule has 4 aromatic rings. The zero-order valence-electron chi connectivity index (χ0n) is 15.9. The number of para-hydroxylation sites is 1. The fourth-order valence-electron chi connectivity index (χ4n) is 2.71. The van der Waals surface area contributed by atoms with Crippen molar-refractivity contribution in [2.45, 2.75) is 13.2 Å². The van der Waals surface area contributed by atoms with Gasteiger partial charge in [-0.3, -0.25) is 10.1 Å². The van der Waals surface area contributed by atoms with Gasteiger partial charge < -0.3 is 4.74 Å². The van der Waals surface area contributed by atoms with E-state index in [4.69, 9.17) is 27.9 Å². The van der Waals surface area contributed by atoms with Gasteiger partial charge in [0, 0.05) is 5.56 Å². The Morgan fingerprint density at radius 1 is 1.13 bits per heavy atom. The van der Waals surface area contributed by atoms with E-state index < -0.39 is 5.82 Å². The first-order valence-corrected chi connectivity index (χ1v) is 10.7. The molecule has 0 radical (unpaired) electrons. The van der Waals surface area contributed by atoms with Gasteiger partial charge in [0.15, 0.2) is 11.6 Å². The van der Waals surface area contributed by atoms with Crippen LogP contribution in [0.1, 0.15) is 20.8 Å². The number of hydrogen-bond acceptors (Lipinski definition) is 5. The molecule has 0 saturated heterocycles. The molecular formula is C21H15Cl2FN4O2S. The number of aromatic nitrogens is 3. The summed E-state index contributed by atoms with van der Waals surface area (Å²) in [6.45, 7) is 0.581. The summed E-state index contributed by atoms with van der Waals surface area (Å²) in [6, 6.07) is 13.2. The molecule has 0 fully saturated rings. The fourth-order valence-corrected chi connectivity index (χ4v) is 3.82. The zero-order valence-corrected chi connectivity index (χ0v) is 18.2. The third-order valence-corrected chi connectivity index (χ3v) is 5.92. The second kappa shape index (κ2) is 9.47. The van der Waals surface area contributed by atoms with Gasteiger partial charge >= 0.3 is 0 Å². The van der Waals surface area contributed by atoms with E-state index in [2.05, 4.69) is 15.4 Å². The number of amides is 1. The molecule has 1 N–H and O–H groups in total. The van der Waals surface area contributed by atoms with Crippen LogP contribution >= 0.6 is 34.5 Å². The third-order valence-electron chi connectivity index (χ3n) is 4.20. The predicted octanol–water partition coefficient (Wildman–Crippen LogP) is 5.67. The van der Waals surface area contributed by atoms with Gasteiger partial charge in [-0.15, -0.1) is 16.4 Å². The van der Waals surface area contributed by atoms with Crippen LogP contribution in [0.5, 0.6) is 5.75 Å². The lowest BCUT2D eigenvalue weighted by Gasteiger charge is -2.05. The van der Waals surface area contributed by atoms with Gasteiger partial charge in [0.05, 0.1) is 21.5 Å². The maximum Gasteiger partial charge on any atom is 0.268 e. The van der Waals surface area contributed by atoms with Crippen molar-refractivity contribution in [2.75, 3.05) is 5.32 Å². The summed E-state index contributed by atoms with van der Waals surface area (Å²) < 4.78 is 20.7. The van der Waals surface area contributed by atoms with Crippen molar-refractivity contribution in [2.24, 2.45) is 0 Å². The summed E-state index contributed by atoms with van der Waals surface area (Å²) >= 11 is 13.2. The van der Waals surface area contributed by atoms with Crippen LogP contribution in [-0.2, 0) is 13.2 Å². The zero-order chi connectivity index (χ0) is 21.8. The number of anilines is 1. The molecule has 0 saturated carbocycles. The molecule has 0 aliphatic heterocycles. The van der Waals surface area contributed by atoms with Gasteiger partial charge in [-0.1, -0.05) is 41.4 Å². The first kappa shape index (κ1) is 21.3. The van der Waals surface area contributed by atoms with Crippen LogP contribution in [0.15, 0.2) is 60.2 Å². The molecule has 0 aliphatic carbocycles. The van der Waals surface area contributed by atoms with Gasteiger partial charge in [-0.25, -0.2) is 14.1 Å². The van der Waals surface area contributed by atoms with Crippen LogP contribution in [-0.4, -0.2) is 20.7 Å². The standard InChI is InChI=1S/C21H15Cl2FN4O2S/c22-15-6-5-13(7-16(15)23)9-28-12-25-21(27-28)26-20(29)19-8-14(11-31-19)10-30-18-4-2-1-3-17(18)24/h1-8,11-12H,9-10H2,(H,26,27,29). The molecule has 0 spiro atoms. The number of hydrogen-bond donors (Lipinski definition) is 1. The van der Waals surface area contributed by atoms with Crippen molar-refractivity contribution in [1.82, 2.24) is 14.8 Å². The van der Waals surface area contributed by atoms with Crippen molar-refractivity contribution in [3.8, 4) is 5.75 Å². The molecule has 2 aromatic carbocycles. The van der Waals surface area contributed by atoms with Crippen molar-refractivity contribution < 1.29 is 13.9 Å². The summed E-state index contributed by atoms with van der Waals surface area (Å²) in [4.78, 5) is 17.1. The van der Waals surface area contributed by atoms with E-state index in [-0.39, 0.29) is 24.2 Å². The average molecular weight is 477 g/mol. The highest BCUT2D eigenvalue weighted by Crippen LogP contribution is 2.23. The quantitative estimate of drug-likeness (QED) is 0.373. The molecule has 6 nitrogen and oxygen atoms in total. The first-order valence-electron chi connectivity index (χ1n) is 9.07. The number of ether oxygens (including phenoxy) is 1. The van der Waals surface area contributed by atoms with Gasteiger partial charge in [-0.2, -0.15) is 0 Å². The molecule has 2 aromatic heterocycles. The molecule has 0 aliphatic rings. The number of halogens is 3. The number of carbonyl (C=O) groups excluding carboxylic acids is 1. The minimum Gasteiger partial charge on any atom is -0.486 e. The highest BCUT2D eigenvalue weighted by Gasteiger charge is 2.13. The van der Waals surface area contributed by atoms with Crippen LogP contribution in [0.3, 0.4) is 0 Å². The Kier molecular flexibility index (Phi) is 6.50. The van der Waals surface area contributed by atoms with E-state index in [1.54, 1.807) is 46.5 Å². The lowest BCUT2D eigenvalue weighted by atomic mass is 10.2. The van der Waals surface area contributed by atoms with Crippen molar-refractivity contribution in [3.05, 3.63) is 92.1 Å². The van der Waals surface area contributed by atoms with E-state index in [0.717, 1.165) is 11.1 Å². The molecule has 0 bridgehead atoms.